The third-order valence-electron chi connectivity index (χ3n) is 6.10. The normalized spacial score (nSPS) is 24.7. The van der Waals surface area contributed by atoms with Crippen molar-refractivity contribution >= 4 is 33.3 Å². The van der Waals surface area contributed by atoms with Crippen molar-refractivity contribution in [2.45, 2.75) is 75.5 Å². The number of rotatable bonds is 8. The van der Waals surface area contributed by atoms with Crippen LogP contribution in [0.1, 0.15) is 52.4 Å². The molecule has 1 aromatic rings. The molecule has 0 spiro atoms. The van der Waals surface area contributed by atoms with Crippen molar-refractivity contribution in [2.75, 3.05) is 6.61 Å². The standard InChI is InChI=1S/C21H29ClN2O5S/c1-3-18-19(17(25)13-29-18)23-20(26)16(12-21(2)10-4-5-11-21)24-30(27,28)15-8-6-14(22)7-9-15/h6-9,16,18-19,24H,3-5,10-13H2,1-2H3,(H,23,26)/t16-,18-,19+/m0/s1. The summed E-state index contributed by atoms with van der Waals surface area (Å²) in [6.07, 6.45) is 4.53. The molecule has 1 saturated heterocycles. The molecule has 1 amide bonds. The van der Waals surface area contributed by atoms with E-state index in [-0.39, 0.29) is 22.7 Å². The molecule has 2 aliphatic rings. The molecule has 2 N–H and O–H groups in total. The maximum absolute atomic E-state index is 13.1. The van der Waals surface area contributed by atoms with E-state index in [0.29, 0.717) is 17.9 Å². The first-order valence-electron chi connectivity index (χ1n) is 10.4. The summed E-state index contributed by atoms with van der Waals surface area (Å²) in [6.45, 7) is 3.92. The van der Waals surface area contributed by atoms with Crippen molar-refractivity contribution in [2.24, 2.45) is 5.41 Å². The van der Waals surface area contributed by atoms with Gasteiger partial charge in [0.1, 0.15) is 18.7 Å². The van der Waals surface area contributed by atoms with Crippen LogP contribution in [0, 0.1) is 5.41 Å². The minimum Gasteiger partial charge on any atom is -0.368 e. The lowest BCUT2D eigenvalue weighted by atomic mass is 9.82. The second-order valence-electron chi connectivity index (χ2n) is 8.56. The van der Waals surface area contributed by atoms with Gasteiger partial charge in [0.15, 0.2) is 5.78 Å². The molecule has 1 heterocycles. The van der Waals surface area contributed by atoms with E-state index in [1.807, 2.05) is 6.92 Å². The summed E-state index contributed by atoms with van der Waals surface area (Å²) in [5, 5.41) is 3.17. The number of carbonyl (C=O) groups excluding carboxylic acids is 2. The first-order valence-corrected chi connectivity index (χ1v) is 12.2. The highest BCUT2D eigenvalue weighted by molar-refractivity contribution is 7.89. The number of halogens is 1. The van der Waals surface area contributed by atoms with E-state index in [9.17, 15) is 18.0 Å². The van der Waals surface area contributed by atoms with Crippen molar-refractivity contribution in [3.8, 4) is 0 Å². The Bertz CT molecular complexity index is 881. The molecule has 1 saturated carbocycles. The highest BCUT2D eigenvalue weighted by atomic mass is 35.5. The average molecular weight is 457 g/mol. The largest absolute Gasteiger partial charge is 0.368 e. The number of benzene rings is 1. The quantitative estimate of drug-likeness (QED) is 0.626. The lowest BCUT2D eigenvalue weighted by Gasteiger charge is -2.30. The van der Waals surface area contributed by atoms with Gasteiger partial charge in [-0.05, 0) is 55.4 Å². The van der Waals surface area contributed by atoms with E-state index < -0.39 is 34.1 Å². The van der Waals surface area contributed by atoms with E-state index in [1.165, 1.54) is 24.3 Å². The van der Waals surface area contributed by atoms with Crippen LogP contribution in [0.3, 0.4) is 0 Å². The van der Waals surface area contributed by atoms with Gasteiger partial charge < -0.3 is 10.1 Å². The highest BCUT2D eigenvalue weighted by Gasteiger charge is 2.40. The van der Waals surface area contributed by atoms with Crippen LogP contribution in [0.5, 0.6) is 0 Å². The minimum absolute atomic E-state index is 0.0352. The van der Waals surface area contributed by atoms with E-state index in [2.05, 4.69) is 17.0 Å². The summed E-state index contributed by atoms with van der Waals surface area (Å²) >= 11 is 5.86. The van der Waals surface area contributed by atoms with E-state index in [4.69, 9.17) is 16.3 Å². The van der Waals surface area contributed by atoms with Gasteiger partial charge in [-0.2, -0.15) is 4.72 Å². The Hall–Kier alpha value is -1.48. The molecule has 1 aromatic carbocycles. The van der Waals surface area contributed by atoms with Gasteiger partial charge in [-0.3, -0.25) is 9.59 Å². The molecule has 9 heteroatoms. The molecule has 1 aliphatic carbocycles. The second kappa shape index (κ2) is 9.34. The predicted molar refractivity (Wildman–Crippen MR) is 114 cm³/mol. The van der Waals surface area contributed by atoms with E-state index >= 15 is 0 Å². The van der Waals surface area contributed by atoms with Gasteiger partial charge in [0, 0.05) is 5.02 Å². The molecule has 0 unspecified atom stereocenters. The number of ketones is 1. The number of hydrogen-bond acceptors (Lipinski definition) is 5. The van der Waals surface area contributed by atoms with Crippen LogP contribution in [0.2, 0.25) is 5.02 Å². The molecule has 166 valence electrons. The molecular formula is C21H29ClN2O5S. The zero-order valence-corrected chi connectivity index (χ0v) is 18.9. The fraction of sp³-hybridized carbons (Fsp3) is 0.619. The number of Topliss-reactive ketones (excluding diaryl/α,β-unsaturated/α-hetero) is 1. The number of hydrogen-bond donors (Lipinski definition) is 2. The number of carbonyl (C=O) groups is 2. The molecule has 0 aromatic heterocycles. The summed E-state index contributed by atoms with van der Waals surface area (Å²) in [6, 6.07) is 4.05. The van der Waals surface area contributed by atoms with Crippen LogP contribution in [0.25, 0.3) is 0 Å². The van der Waals surface area contributed by atoms with Gasteiger partial charge in [-0.25, -0.2) is 8.42 Å². The van der Waals surface area contributed by atoms with Gasteiger partial charge in [-0.1, -0.05) is 38.3 Å². The average Bonchev–Trinajstić information content (AvgIpc) is 3.27. The number of amides is 1. The molecule has 3 atom stereocenters. The molecule has 2 fully saturated rings. The Morgan fingerprint density at radius 1 is 1.27 bits per heavy atom. The first-order chi connectivity index (χ1) is 14.1. The number of sulfonamides is 1. The minimum atomic E-state index is -3.94. The SMILES string of the molecule is CC[C@@H]1OCC(=O)[C@H]1NC(=O)[C@H](CC1(C)CCCC1)NS(=O)(=O)c1ccc(Cl)cc1. The maximum atomic E-state index is 13.1. The summed E-state index contributed by atoms with van der Waals surface area (Å²) in [5.74, 6) is -0.690. The third kappa shape index (κ3) is 5.41. The molecule has 7 nitrogen and oxygen atoms in total. The van der Waals surface area contributed by atoms with Crippen LogP contribution in [-0.4, -0.2) is 44.9 Å². The van der Waals surface area contributed by atoms with Gasteiger partial charge in [0.25, 0.3) is 0 Å². The van der Waals surface area contributed by atoms with Crippen LogP contribution < -0.4 is 10.0 Å². The van der Waals surface area contributed by atoms with Crippen molar-refractivity contribution < 1.29 is 22.7 Å². The van der Waals surface area contributed by atoms with Gasteiger partial charge in [-0.15, -0.1) is 0 Å². The van der Waals surface area contributed by atoms with Crippen LogP contribution in [0.4, 0.5) is 0 Å². The summed E-state index contributed by atoms with van der Waals surface area (Å²) in [5.41, 5.74) is -0.134. The van der Waals surface area contributed by atoms with Gasteiger partial charge in [0.2, 0.25) is 15.9 Å². The third-order valence-corrected chi connectivity index (χ3v) is 7.84. The van der Waals surface area contributed by atoms with Crippen LogP contribution >= 0.6 is 11.6 Å². The van der Waals surface area contributed by atoms with Gasteiger partial charge >= 0.3 is 0 Å². The molecule has 1 aliphatic heterocycles. The summed E-state index contributed by atoms with van der Waals surface area (Å²) in [4.78, 5) is 25.3. The van der Waals surface area contributed by atoms with Crippen molar-refractivity contribution in [3.05, 3.63) is 29.3 Å². The number of ether oxygens (including phenoxy) is 1. The lowest BCUT2D eigenvalue weighted by Crippen LogP contribution is -2.54. The summed E-state index contributed by atoms with van der Waals surface area (Å²) < 4.78 is 33.9. The molecule has 30 heavy (non-hydrogen) atoms. The van der Waals surface area contributed by atoms with Crippen LogP contribution in [-0.2, 0) is 24.3 Å². The lowest BCUT2D eigenvalue weighted by molar-refractivity contribution is -0.128. The smallest absolute Gasteiger partial charge is 0.241 e. The van der Waals surface area contributed by atoms with E-state index in [0.717, 1.165) is 25.7 Å². The fourth-order valence-electron chi connectivity index (χ4n) is 4.35. The molecule has 3 rings (SSSR count). The van der Waals surface area contributed by atoms with Gasteiger partial charge in [0.05, 0.1) is 11.0 Å². The Kier molecular flexibility index (Phi) is 7.22. The van der Waals surface area contributed by atoms with E-state index in [1.54, 1.807) is 0 Å². The molecule has 0 bridgehead atoms. The zero-order chi connectivity index (χ0) is 21.9. The maximum Gasteiger partial charge on any atom is 0.241 e. The molecule has 0 radical (unpaired) electrons. The Morgan fingerprint density at radius 2 is 1.90 bits per heavy atom. The second-order valence-corrected chi connectivity index (χ2v) is 10.7. The Balaban J connectivity index is 1.81. The number of nitrogens with one attached hydrogen (secondary N) is 2. The monoisotopic (exact) mass is 456 g/mol. The predicted octanol–water partition coefficient (Wildman–Crippen LogP) is 2.82. The summed E-state index contributed by atoms with van der Waals surface area (Å²) in [7, 11) is -3.94. The van der Waals surface area contributed by atoms with Crippen molar-refractivity contribution in [1.29, 1.82) is 0 Å². The first kappa shape index (κ1) is 23.2. The fourth-order valence-corrected chi connectivity index (χ4v) is 5.67. The Labute approximate surface area is 182 Å². The zero-order valence-electron chi connectivity index (χ0n) is 17.3. The molecular weight excluding hydrogens is 428 g/mol. The topological polar surface area (TPSA) is 102 Å². The van der Waals surface area contributed by atoms with Crippen molar-refractivity contribution in [1.82, 2.24) is 10.0 Å². The Morgan fingerprint density at radius 3 is 2.50 bits per heavy atom. The van der Waals surface area contributed by atoms with Crippen molar-refractivity contribution in [3.63, 3.8) is 0 Å². The highest BCUT2D eigenvalue weighted by Crippen LogP contribution is 2.41. The van der Waals surface area contributed by atoms with Crippen LogP contribution in [0.15, 0.2) is 29.2 Å².